The van der Waals surface area contributed by atoms with Gasteiger partial charge in [0.2, 0.25) is 0 Å². The van der Waals surface area contributed by atoms with Crippen LogP contribution in [0.2, 0.25) is 0 Å². The molecule has 0 fully saturated rings. The average Bonchev–Trinajstić information content (AvgIpc) is 1.21. The zero-order chi connectivity index (χ0) is 6.78. The number of nitrogens with two attached hydrogens (primary N) is 2. The Bertz CT molecular complexity index is 66.2. The van der Waals surface area contributed by atoms with Gasteiger partial charge in [-0.2, -0.15) is 0 Å². The summed E-state index contributed by atoms with van der Waals surface area (Å²) in [6.45, 7) is 5.58. The summed E-state index contributed by atoms with van der Waals surface area (Å²) >= 11 is 0. The number of rotatable bonds is 1. The molecule has 0 rings (SSSR count). The molecule has 0 radical (unpaired) electrons. The van der Waals surface area contributed by atoms with Gasteiger partial charge in [-0.05, 0) is 20.8 Å². The second-order valence-corrected chi connectivity index (χ2v) is 2.56. The highest BCUT2D eigenvalue weighted by atomic mass is 16.7. The summed E-state index contributed by atoms with van der Waals surface area (Å²) in [6.07, 6.45) is 0. The zero-order valence-electron chi connectivity index (χ0n) is 5.51. The Hall–Kier alpha value is -0.160. The van der Waals surface area contributed by atoms with Crippen molar-refractivity contribution in [1.29, 1.82) is 0 Å². The van der Waals surface area contributed by atoms with E-state index < -0.39 is 0 Å². The number of nitrogens with zero attached hydrogens (tertiary/aromatic N) is 1. The van der Waals surface area contributed by atoms with Gasteiger partial charge in [0.1, 0.15) is 0 Å². The number of hydrogen-bond acceptors (Lipinski definition) is 4. The highest BCUT2D eigenvalue weighted by molar-refractivity contribution is 4.55. The lowest BCUT2D eigenvalue weighted by atomic mass is 10.2. The molecular formula is C4H13N3O. The van der Waals surface area contributed by atoms with Crippen LogP contribution in [-0.2, 0) is 4.84 Å². The Kier molecular flexibility index (Phi) is 2.36. The van der Waals surface area contributed by atoms with Gasteiger partial charge in [0.15, 0.2) is 0 Å². The van der Waals surface area contributed by atoms with Crippen LogP contribution in [0.25, 0.3) is 0 Å². The monoisotopic (exact) mass is 119 g/mol. The van der Waals surface area contributed by atoms with Crippen LogP contribution >= 0.6 is 0 Å². The lowest BCUT2D eigenvalue weighted by Gasteiger charge is -2.21. The lowest BCUT2D eigenvalue weighted by molar-refractivity contribution is -0.234. The van der Waals surface area contributed by atoms with Gasteiger partial charge < -0.3 is 0 Å². The molecule has 50 valence electrons. The van der Waals surface area contributed by atoms with E-state index in [1.807, 2.05) is 20.8 Å². The molecule has 4 heteroatoms. The normalized spacial score (nSPS) is 12.8. The molecule has 0 aliphatic heterocycles. The van der Waals surface area contributed by atoms with Gasteiger partial charge in [0.05, 0.1) is 5.60 Å². The molecule has 0 spiro atoms. The van der Waals surface area contributed by atoms with E-state index >= 15 is 0 Å². The molecule has 0 aliphatic rings. The van der Waals surface area contributed by atoms with Crippen molar-refractivity contribution in [2.75, 3.05) is 0 Å². The second kappa shape index (κ2) is 2.41. The van der Waals surface area contributed by atoms with Gasteiger partial charge in [-0.3, -0.25) is 4.84 Å². The second-order valence-electron chi connectivity index (χ2n) is 2.56. The van der Waals surface area contributed by atoms with Crippen molar-refractivity contribution in [3.8, 4) is 0 Å². The molecule has 0 aromatic heterocycles. The largest absolute Gasteiger partial charge is 0.264 e. The Morgan fingerprint density at radius 2 is 1.62 bits per heavy atom. The molecule has 0 aromatic rings. The Balaban J connectivity index is 3.39. The minimum Gasteiger partial charge on any atom is -0.264 e. The molecule has 0 bridgehead atoms. The van der Waals surface area contributed by atoms with Crippen LogP contribution in [-0.4, -0.2) is 10.9 Å². The molecular weight excluding hydrogens is 106 g/mol. The van der Waals surface area contributed by atoms with Gasteiger partial charge in [-0.25, -0.2) is 11.7 Å². The topological polar surface area (TPSA) is 64.5 Å². The number of hydrazine groups is 2. The first-order valence-corrected chi connectivity index (χ1v) is 2.40. The third kappa shape index (κ3) is 5.84. The van der Waals surface area contributed by atoms with E-state index in [0.29, 0.717) is 5.28 Å². The molecule has 0 amide bonds. The van der Waals surface area contributed by atoms with Gasteiger partial charge in [-0.1, -0.05) is 5.28 Å². The van der Waals surface area contributed by atoms with Crippen molar-refractivity contribution in [2.24, 2.45) is 11.7 Å². The summed E-state index contributed by atoms with van der Waals surface area (Å²) in [4.78, 5) is 4.83. The molecule has 0 atom stereocenters. The molecule has 8 heavy (non-hydrogen) atoms. The fourth-order valence-electron chi connectivity index (χ4n) is 0.316. The molecule has 0 unspecified atom stereocenters. The molecule has 0 saturated carbocycles. The third-order valence-electron chi connectivity index (χ3n) is 0.379. The smallest absolute Gasteiger partial charge is 0.0847 e. The highest BCUT2D eigenvalue weighted by Gasteiger charge is 2.11. The fraction of sp³-hybridized carbons (Fsp3) is 1.00. The Morgan fingerprint density at radius 3 is 1.62 bits per heavy atom. The summed E-state index contributed by atoms with van der Waals surface area (Å²) < 4.78 is 0. The van der Waals surface area contributed by atoms with E-state index in [-0.39, 0.29) is 5.60 Å². The first-order chi connectivity index (χ1) is 3.42. The molecule has 4 N–H and O–H groups in total. The SMILES string of the molecule is CC(C)(C)ON(N)N. The maximum atomic E-state index is 4.97. The zero-order valence-corrected chi connectivity index (χ0v) is 5.51. The van der Waals surface area contributed by atoms with Gasteiger partial charge in [0.25, 0.3) is 0 Å². The van der Waals surface area contributed by atoms with Crippen molar-refractivity contribution < 1.29 is 4.84 Å². The van der Waals surface area contributed by atoms with Crippen LogP contribution in [0.15, 0.2) is 0 Å². The maximum absolute atomic E-state index is 4.97. The summed E-state index contributed by atoms with van der Waals surface area (Å²) in [5, 5.41) is 0.708. The van der Waals surface area contributed by atoms with Crippen molar-refractivity contribution in [3.05, 3.63) is 0 Å². The van der Waals surface area contributed by atoms with Crippen LogP contribution in [0, 0.1) is 0 Å². The fourth-order valence-corrected chi connectivity index (χ4v) is 0.316. The predicted octanol–water partition coefficient (Wildman–Crippen LogP) is -0.234. The molecule has 4 nitrogen and oxygen atoms in total. The molecule has 0 aromatic carbocycles. The van der Waals surface area contributed by atoms with Crippen LogP contribution in [0.1, 0.15) is 20.8 Å². The van der Waals surface area contributed by atoms with E-state index in [2.05, 4.69) is 0 Å². The van der Waals surface area contributed by atoms with E-state index in [1.54, 1.807) is 0 Å². The summed E-state index contributed by atoms with van der Waals surface area (Å²) in [7, 11) is 0. The van der Waals surface area contributed by atoms with Gasteiger partial charge >= 0.3 is 0 Å². The van der Waals surface area contributed by atoms with E-state index in [4.69, 9.17) is 16.5 Å². The van der Waals surface area contributed by atoms with Crippen LogP contribution in [0.4, 0.5) is 0 Å². The van der Waals surface area contributed by atoms with E-state index in [0.717, 1.165) is 0 Å². The predicted molar refractivity (Wildman–Crippen MR) is 31.1 cm³/mol. The summed E-state index contributed by atoms with van der Waals surface area (Å²) in [6, 6.07) is 0. The molecule has 0 heterocycles. The van der Waals surface area contributed by atoms with Gasteiger partial charge in [0, 0.05) is 0 Å². The number of hydrogen-bond donors (Lipinski definition) is 2. The minimum atomic E-state index is -0.302. The lowest BCUT2D eigenvalue weighted by Crippen LogP contribution is -2.43. The summed E-state index contributed by atoms with van der Waals surface area (Å²) in [5.41, 5.74) is -0.302. The van der Waals surface area contributed by atoms with Crippen molar-refractivity contribution in [3.63, 3.8) is 0 Å². The Labute approximate surface area is 49.3 Å². The van der Waals surface area contributed by atoms with Gasteiger partial charge in [-0.15, -0.1) is 0 Å². The van der Waals surface area contributed by atoms with E-state index in [1.165, 1.54) is 0 Å². The third-order valence-corrected chi connectivity index (χ3v) is 0.379. The maximum Gasteiger partial charge on any atom is 0.0847 e. The van der Waals surface area contributed by atoms with Crippen LogP contribution in [0.3, 0.4) is 0 Å². The Morgan fingerprint density at radius 1 is 1.25 bits per heavy atom. The quantitative estimate of drug-likeness (QED) is 0.369. The van der Waals surface area contributed by atoms with Crippen molar-refractivity contribution in [2.45, 2.75) is 26.4 Å². The average molecular weight is 119 g/mol. The minimum absolute atomic E-state index is 0.302. The summed E-state index contributed by atoms with van der Waals surface area (Å²) in [5.74, 6) is 9.93. The molecule has 0 aliphatic carbocycles. The van der Waals surface area contributed by atoms with Crippen molar-refractivity contribution >= 4 is 0 Å². The first-order valence-electron chi connectivity index (χ1n) is 2.40. The van der Waals surface area contributed by atoms with Crippen LogP contribution in [0.5, 0.6) is 0 Å². The van der Waals surface area contributed by atoms with Crippen molar-refractivity contribution in [1.82, 2.24) is 5.28 Å². The standard InChI is InChI=1S/C4H13N3O/c1-4(2,3)8-7(5)6/h5-6H2,1-3H3. The van der Waals surface area contributed by atoms with Crippen LogP contribution < -0.4 is 11.7 Å². The first kappa shape index (κ1) is 7.84. The highest BCUT2D eigenvalue weighted by Crippen LogP contribution is 2.04. The van der Waals surface area contributed by atoms with E-state index in [9.17, 15) is 0 Å². The molecule has 0 saturated heterocycles.